The van der Waals surface area contributed by atoms with Gasteiger partial charge in [-0.3, -0.25) is 0 Å². The molecule has 8 nitrogen and oxygen atoms in total. The summed E-state index contributed by atoms with van der Waals surface area (Å²) in [5.41, 5.74) is 1.74. The number of ether oxygens (including phenoxy) is 4. The van der Waals surface area contributed by atoms with Gasteiger partial charge in [0.2, 0.25) is 0 Å². The highest BCUT2D eigenvalue weighted by atomic mass is 16.7. The Bertz CT molecular complexity index is 723. The first-order valence-corrected chi connectivity index (χ1v) is 8.58. The van der Waals surface area contributed by atoms with Crippen molar-refractivity contribution in [1.82, 2.24) is 15.0 Å². The van der Waals surface area contributed by atoms with Crippen LogP contribution in [0.1, 0.15) is 41.0 Å². The largest absolute Gasteiger partial charge is 0.497 e. The molecule has 0 amide bonds. The molecule has 2 heterocycles. The molecule has 3 rings (SSSR count). The van der Waals surface area contributed by atoms with Crippen LogP contribution in [-0.2, 0) is 27.4 Å². The molecule has 2 aromatic rings. The Labute approximate surface area is 152 Å². The van der Waals surface area contributed by atoms with Crippen LogP contribution in [0.2, 0.25) is 0 Å². The number of rotatable bonds is 7. The molecule has 8 heteroatoms. The van der Waals surface area contributed by atoms with Crippen molar-refractivity contribution in [2.24, 2.45) is 0 Å². The fourth-order valence-corrected chi connectivity index (χ4v) is 2.78. The summed E-state index contributed by atoms with van der Waals surface area (Å²) >= 11 is 0. The van der Waals surface area contributed by atoms with Gasteiger partial charge in [-0.15, -0.1) is 5.10 Å². The monoisotopic (exact) mass is 361 g/mol. The van der Waals surface area contributed by atoms with E-state index in [0.29, 0.717) is 18.8 Å². The number of esters is 1. The van der Waals surface area contributed by atoms with E-state index in [4.69, 9.17) is 18.9 Å². The van der Waals surface area contributed by atoms with E-state index in [1.54, 1.807) is 11.8 Å². The number of methoxy groups -OCH3 is 2. The first kappa shape index (κ1) is 18.3. The van der Waals surface area contributed by atoms with Crippen LogP contribution in [-0.4, -0.2) is 48.1 Å². The summed E-state index contributed by atoms with van der Waals surface area (Å²) in [5.74, 6) is 0.245. The van der Waals surface area contributed by atoms with Crippen molar-refractivity contribution < 1.29 is 23.7 Å². The van der Waals surface area contributed by atoms with Gasteiger partial charge in [0.25, 0.3) is 0 Å². The molecule has 1 fully saturated rings. The first-order chi connectivity index (χ1) is 12.7. The smallest absolute Gasteiger partial charge is 0.360 e. The van der Waals surface area contributed by atoms with Crippen molar-refractivity contribution in [1.29, 1.82) is 0 Å². The van der Waals surface area contributed by atoms with Crippen molar-refractivity contribution >= 4 is 5.97 Å². The summed E-state index contributed by atoms with van der Waals surface area (Å²) in [5, 5.41) is 8.07. The molecule has 26 heavy (non-hydrogen) atoms. The van der Waals surface area contributed by atoms with Crippen LogP contribution >= 0.6 is 0 Å². The van der Waals surface area contributed by atoms with Crippen molar-refractivity contribution in [3.63, 3.8) is 0 Å². The summed E-state index contributed by atoms with van der Waals surface area (Å²) < 4.78 is 23.0. The predicted molar refractivity (Wildman–Crippen MR) is 91.8 cm³/mol. The summed E-state index contributed by atoms with van der Waals surface area (Å²) in [6, 6.07) is 7.62. The molecule has 0 N–H and O–H groups in total. The molecule has 0 spiro atoms. The van der Waals surface area contributed by atoms with E-state index in [1.807, 2.05) is 24.3 Å². The standard InChI is InChI=1S/C18H23N3O5/c1-23-14-8-6-13(7-9-14)11-21-15(17(19-20-21)18(22)24-2)12-26-16-5-3-4-10-25-16/h6-9,16H,3-5,10-12H2,1-2H3. The van der Waals surface area contributed by atoms with Gasteiger partial charge >= 0.3 is 5.97 Å². The molecule has 140 valence electrons. The third kappa shape index (κ3) is 4.39. The number of hydrogen-bond donors (Lipinski definition) is 0. The van der Waals surface area contributed by atoms with Crippen LogP contribution in [0, 0.1) is 0 Å². The maximum Gasteiger partial charge on any atom is 0.360 e. The van der Waals surface area contributed by atoms with Crippen LogP contribution in [0.3, 0.4) is 0 Å². The van der Waals surface area contributed by atoms with Crippen LogP contribution in [0.5, 0.6) is 5.75 Å². The zero-order valence-corrected chi connectivity index (χ0v) is 15.0. The third-order valence-electron chi connectivity index (χ3n) is 4.25. The number of hydrogen-bond acceptors (Lipinski definition) is 7. The van der Waals surface area contributed by atoms with E-state index < -0.39 is 5.97 Å². The number of benzene rings is 1. The number of aromatic nitrogens is 3. The minimum atomic E-state index is -0.533. The summed E-state index contributed by atoms with van der Waals surface area (Å²) in [6.07, 6.45) is 2.69. The molecule has 1 atom stereocenters. The highest BCUT2D eigenvalue weighted by molar-refractivity contribution is 5.88. The molecule has 1 aromatic heterocycles. The van der Waals surface area contributed by atoms with Crippen molar-refractivity contribution in [2.75, 3.05) is 20.8 Å². The van der Waals surface area contributed by atoms with Gasteiger partial charge in [-0.05, 0) is 37.0 Å². The van der Waals surface area contributed by atoms with E-state index in [0.717, 1.165) is 30.6 Å². The molecule has 1 aromatic carbocycles. The average Bonchev–Trinajstić information content (AvgIpc) is 3.09. The van der Waals surface area contributed by atoms with E-state index in [2.05, 4.69) is 10.3 Å². The van der Waals surface area contributed by atoms with Crippen LogP contribution in [0.4, 0.5) is 0 Å². The Morgan fingerprint density at radius 3 is 2.73 bits per heavy atom. The van der Waals surface area contributed by atoms with Crippen molar-refractivity contribution in [2.45, 2.75) is 38.7 Å². The molecule has 0 aliphatic carbocycles. The Kier molecular flexibility index (Phi) is 6.19. The van der Waals surface area contributed by atoms with Gasteiger partial charge in [0, 0.05) is 6.61 Å². The molecule has 1 unspecified atom stereocenters. The van der Waals surface area contributed by atoms with Crippen LogP contribution in [0.15, 0.2) is 24.3 Å². The highest BCUT2D eigenvalue weighted by Crippen LogP contribution is 2.18. The van der Waals surface area contributed by atoms with Gasteiger partial charge in [-0.1, -0.05) is 17.3 Å². The Hall–Kier alpha value is -2.45. The van der Waals surface area contributed by atoms with Crippen LogP contribution < -0.4 is 4.74 Å². The minimum Gasteiger partial charge on any atom is -0.497 e. The zero-order chi connectivity index (χ0) is 18.4. The minimum absolute atomic E-state index is 0.164. The predicted octanol–water partition coefficient (Wildman–Crippen LogP) is 2.16. The highest BCUT2D eigenvalue weighted by Gasteiger charge is 2.23. The Balaban J connectivity index is 1.76. The van der Waals surface area contributed by atoms with Gasteiger partial charge in [-0.2, -0.15) is 0 Å². The van der Waals surface area contributed by atoms with E-state index in [1.165, 1.54) is 7.11 Å². The fraction of sp³-hybridized carbons (Fsp3) is 0.500. The van der Waals surface area contributed by atoms with E-state index in [9.17, 15) is 4.79 Å². The second-order valence-electron chi connectivity index (χ2n) is 5.99. The second-order valence-corrected chi connectivity index (χ2v) is 5.99. The summed E-state index contributed by atoms with van der Waals surface area (Å²) in [7, 11) is 2.94. The van der Waals surface area contributed by atoms with Crippen molar-refractivity contribution in [3.8, 4) is 5.75 Å². The lowest BCUT2D eigenvalue weighted by Gasteiger charge is -2.22. The number of carbonyl (C=O) groups excluding carboxylic acids is 1. The van der Waals surface area contributed by atoms with E-state index in [-0.39, 0.29) is 18.6 Å². The quantitative estimate of drug-likeness (QED) is 0.699. The summed E-state index contributed by atoms with van der Waals surface area (Å²) in [6.45, 7) is 1.33. The molecule has 1 saturated heterocycles. The van der Waals surface area contributed by atoms with Crippen molar-refractivity contribution in [3.05, 3.63) is 41.2 Å². The lowest BCUT2D eigenvalue weighted by molar-refractivity contribution is -0.170. The molecule has 0 saturated carbocycles. The lowest BCUT2D eigenvalue weighted by atomic mass is 10.2. The van der Waals surface area contributed by atoms with Crippen LogP contribution in [0.25, 0.3) is 0 Å². The maximum absolute atomic E-state index is 12.0. The Morgan fingerprint density at radius 2 is 2.08 bits per heavy atom. The SMILES string of the molecule is COC(=O)c1nnn(Cc2ccc(OC)cc2)c1COC1CCCCO1. The summed E-state index contributed by atoms with van der Waals surface area (Å²) in [4.78, 5) is 12.0. The van der Waals surface area contributed by atoms with Gasteiger partial charge in [0.15, 0.2) is 12.0 Å². The van der Waals surface area contributed by atoms with Gasteiger partial charge in [0.05, 0.1) is 33.1 Å². The zero-order valence-electron chi connectivity index (χ0n) is 15.0. The van der Waals surface area contributed by atoms with Gasteiger partial charge < -0.3 is 18.9 Å². The van der Waals surface area contributed by atoms with E-state index >= 15 is 0 Å². The molecule has 1 aliphatic heterocycles. The first-order valence-electron chi connectivity index (χ1n) is 8.58. The molecule has 1 aliphatic rings. The topological polar surface area (TPSA) is 84.7 Å². The molecular formula is C18H23N3O5. The normalized spacial score (nSPS) is 17.1. The van der Waals surface area contributed by atoms with Gasteiger partial charge in [0.1, 0.15) is 5.75 Å². The Morgan fingerprint density at radius 1 is 1.27 bits per heavy atom. The third-order valence-corrected chi connectivity index (χ3v) is 4.25. The second kappa shape index (κ2) is 8.77. The molecule has 0 radical (unpaired) electrons. The number of nitrogens with zero attached hydrogens (tertiary/aromatic N) is 3. The lowest BCUT2D eigenvalue weighted by Crippen LogP contribution is -2.23. The molecule has 0 bridgehead atoms. The number of carbonyl (C=O) groups is 1. The van der Waals surface area contributed by atoms with Gasteiger partial charge in [-0.25, -0.2) is 9.48 Å². The fourth-order valence-electron chi connectivity index (χ4n) is 2.78. The average molecular weight is 361 g/mol. The maximum atomic E-state index is 12.0. The molecular weight excluding hydrogens is 338 g/mol.